The van der Waals surface area contributed by atoms with Crippen LogP contribution in [0.4, 0.5) is 0 Å². The molecule has 0 saturated carbocycles. The molecule has 2 heteroatoms. The van der Waals surface area contributed by atoms with Gasteiger partial charge in [0.1, 0.15) is 0 Å². The van der Waals surface area contributed by atoms with Crippen molar-refractivity contribution in [3.63, 3.8) is 0 Å². The lowest BCUT2D eigenvalue weighted by molar-refractivity contribution is 0.852. The average Bonchev–Trinajstić information content (AvgIpc) is 2.68. The summed E-state index contributed by atoms with van der Waals surface area (Å²) in [5.74, 6) is 0.822. The van der Waals surface area contributed by atoms with Gasteiger partial charge in [-0.05, 0) is 58.0 Å². The van der Waals surface area contributed by atoms with Gasteiger partial charge in [-0.15, -0.1) is 0 Å². The van der Waals surface area contributed by atoms with Crippen LogP contribution in [0.5, 0.6) is 0 Å². The number of nitrogens with zero attached hydrogens (tertiary/aromatic N) is 1. The number of benzene rings is 3. The molecule has 0 aromatic heterocycles. The summed E-state index contributed by atoms with van der Waals surface area (Å²) >= 11 is 0. The van der Waals surface area contributed by atoms with Crippen molar-refractivity contribution in [2.24, 2.45) is 5.92 Å². The molecule has 0 bridgehead atoms. The molecule has 3 aromatic carbocycles. The van der Waals surface area contributed by atoms with Crippen LogP contribution >= 0.6 is 10.0 Å². The molecule has 0 spiro atoms. The van der Waals surface area contributed by atoms with Crippen LogP contribution in [-0.2, 0) is 0 Å². The average molecular weight is 331 g/mol. The fourth-order valence-corrected chi connectivity index (χ4v) is 7.15. The zero-order chi connectivity index (χ0) is 16.8. The van der Waals surface area contributed by atoms with Crippen molar-refractivity contribution >= 4 is 10.0 Å². The molecule has 0 aliphatic carbocycles. The van der Waals surface area contributed by atoms with Crippen molar-refractivity contribution in [3.8, 4) is 6.07 Å². The molecule has 24 heavy (non-hydrogen) atoms. The molecule has 1 atom stereocenters. The van der Waals surface area contributed by atoms with E-state index in [1.807, 2.05) is 6.92 Å². The summed E-state index contributed by atoms with van der Waals surface area (Å²) in [6, 6.07) is 34.4. The van der Waals surface area contributed by atoms with Crippen LogP contribution in [0.2, 0.25) is 0 Å². The molecule has 0 radical (unpaired) electrons. The first-order chi connectivity index (χ1) is 11.8. The van der Waals surface area contributed by atoms with Crippen molar-refractivity contribution in [1.29, 1.82) is 5.26 Å². The Labute approximate surface area is 145 Å². The molecule has 0 fully saturated rings. The van der Waals surface area contributed by atoms with Crippen molar-refractivity contribution in [1.82, 2.24) is 0 Å². The second kappa shape index (κ2) is 7.38. The monoisotopic (exact) mass is 331 g/mol. The molecule has 0 amide bonds. The van der Waals surface area contributed by atoms with E-state index in [1.165, 1.54) is 14.7 Å². The Morgan fingerprint density at radius 2 is 1.04 bits per heavy atom. The van der Waals surface area contributed by atoms with Crippen LogP contribution in [0, 0.1) is 17.2 Å². The molecule has 0 N–H and O–H groups in total. The first-order valence-electron chi connectivity index (χ1n) is 8.13. The van der Waals surface area contributed by atoms with Gasteiger partial charge in [-0.25, -0.2) is 0 Å². The summed E-state index contributed by atoms with van der Waals surface area (Å²) in [5, 5.41) is 9.50. The minimum absolute atomic E-state index is 0.0133. The Bertz CT molecular complexity index is 710. The van der Waals surface area contributed by atoms with Gasteiger partial charge in [-0.3, -0.25) is 0 Å². The van der Waals surface area contributed by atoms with Gasteiger partial charge in [0, 0.05) is 5.75 Å². The Morgan fingerprint density at radius 3 is 1.33 bits per heavy atom. The predicted molar refractivity (Wildman–Crippen MR) is 101 cm³/mol. The maximum Gasteiger partial charge on any atom is 0.0661 e. The first-order valence-corrected chi connectivity index (χ1v) is 9.93. The Morgan fingerprint density at radius 1 is 0.708 bits per heavy atom. The summed E-state index contributed by atoms with van der Waals surface area (Å²) in [7, 11) is -1.47. The minimum Gasteiger partial charge on any atom is -0.198 e. The van der Waals surface area contributed by atoms with Crippen molar-refractivity contribution < 1.29 is 0 Å². The van der Waals surface area contributed by atoms with Gasteiger partial charge >= 0.3 is 0 Å². The molecule has 0 aliphatic heterocycles. The standard InChI is InChI=1S/C22H21NS/c1-19(17-23)18-24(20-11-5-2-6-12-20,21-13-7-3-8-14-21)22-15-9-4-10-16-22/h2-16,19H,18H2,1H3. The third-order valence-corrected chi connectivity index (χ3v) is 8.39. The quantitative estimate of drug-likeness (QED) is 0.552. The molecule has 0 saturated heterocycles. The normalized spacial score (nSPS) is 13.0. The number of rotatable bonds is 5. The molecular weight excluding hydrogens is 310 g/mol. The highest BCUT2D eigenvalue weighted by Crippen LogP contribution is 2.68. The Hall–Kier alpha value is -2.50. The first kappa shape index (κ1) is 16.4. The topological polar surface area (TPSA) is 23.8 Å². The highest BCUT2D eigenvalue weighted by Gasteiger charge is 2.32. The fraction of sp³-hybridized carbons (Fsp3) is 0.136. The smallest absolute Gasteiger partial charge is 0.0661 e. The van der Waals surface area contributed by atoms with Gasteiger partial charge in [0.05, 0.1) is 12.0 Å². The summed E-state index contributed by atoms with van der Waals surface area (Å²) in [4.78, 5) is 3.93. The van der Waals surface area contributed by atoms with Gasteiger partial charge < -0.3 is 0 Å². The van der Waals surface area contributed by atoms with Crippen LogP contribution in [0.25, 0.3) is 0 Å². The van der Waals surface area contributed by atoms with Crippen LogP contribution in [0.15, 0.2) is 106 Å². The highest BCUT2D eigenvalue weighted by atomic mass is 32.3. The van der Waals surface area contributed by atoms with Gasteiger partial charge in [-0.1, -0.05) is 54.6 Å². The van der Waals surface area contributed by atoms with Crippen LogP contribution in [0.1, 0.15) is 6.92 Å². The van der Waals surface area contributed by atoms with Crippen molar-refractivity contribution in [3.05, 3.63) is 91.0 Å². The molecule has 1 nitrogen and oxygen atoms in total. The van der Waals surface area contributed by atoms with Gasteiger partial charge in [0.2, 0.25) is 0 Å². The van der Waals surface area contributed by atoms with Crippen LogP contribution in [0.3, 0.4) is 0 Å². The molecule has 120 valence electrons. The van der Waals surface area contributed by atoms with E-state index in [1.54, 1.807) is 0 Å². The second-order valence-corrected chi connectivity index (χ2v) is 9.10. The van der Waals surface area contributed by atoms with Crippen LogP contribution < -0.4 is 0 Å². The van der Waals surface area contributed by atoms with E-state index in [2.05, 4.69) is 97.1 Å². The lowest BCUT2D eigenvalue weighted by Crippen LogP contribution is -2.13. The largest absolute Gasteiger partial charge is 0.198 e. The molecule has 1 unspecified atom stereocenters. The molecular formula is C22H21NS. The molecule has 3 rings (SSSR count). The van der Waals surface area contributed by atoms with E-state index in [0.717, 1.165) is 5.75 Å². The minimum atomic E-state index is -1.47. The van der Waals surface area contributed by atoms with Gasteiger partial charge in [-0.2, -0.15) is 15.3 Å². The van der Waals surface area contributed by atoms with Crippen LogP contribution in [-0.4, -0.2) is 5.75 Å². The van der Waals surface area contributed by atoms with E-state index in [4.69, 9.17) is 0 Å². The zero-order valence-electron chi connectivity index (χ0n) is 13.8. The number of hydrogen-bond donors (Lipinski definition) is 0. The van der Waals surface area contributed by atoms with E-state index in [-0.39, 0.29) is 5.92 Å². The predicted octanol–water partition coefficient (Wildman–Crippen LogP) is 6.13. The van der Waals surface area contributed by atoms with E-state index < -0.39 is 10.0 Å². The van der Waals surface area contributed by atoms with Crippen molar-refractivity contribution in [2.45, 2.75) is 21.6 Å². The molecule has 0 aliphatic rings. The Kier molecular flexibility index (Phi) is 5.03. The zero-order valence-corrected chi connectivity index (χ0v) is 14.6. The van der Waals surface area contributed by atoms with Gasteiger partial charge in [0.15, 0.2) is 0 Å². The molecule has 3 aromatic rings. The highest BCUT2D eigenvalue weighted by molar-refractivity contribution is 8.33. The summed E-state index contributed by atoms with van der Waals surface area (Å²) < 4.78 is 0. The lowest BCUT2D eigenvalue weighted by Gasteiger charge is -2.42. The summed E-state index contributed by atoms with van der Waals surface area (Å²) in [6.45, 7) is 2.02. The van der Waals surface area contributed by atoms with E-state index in [0.29, 0.717) is 0 Å². The van der Waals surface area contributed by atoms with E-state index >= 15 is 0 Å². The van der Waals surface area contributed by atoms with E-state index in [9.17, 15) is 5.26 Å². The second-order valence-electron chi connectivity index (χ2n) is 5.88. The third kappa shape index (κ3) is 3.09. The fourth-order valence-electron chi connectivity index (χ4n) is 3.07. The Balaban J connectivity index is 2.31. The maximum atomic E-state index is 9.50. The molecule has 0 heterocycles. The summed E-state index contributed by atoms with van der Waals surface area (Å²) in [6.07, 6.45) is 0. The number of nitriles is 1. The van der Waals surface area contributed by atoms with Gasteiger partial charge in [0.25, 0.3) is 0 Å². The lowest BCUT2D eigenvalue weighted by atomic mass is 10.3. The van der Waals surface area contributed by atoms with Crippen molar-refractivity contribution in [2.75, 3.05) is 5.75 Å². The SMILES string of the molecule is CC(C#N)CS(c1ccccc1)(c1ccccc1)c1ccccc1. The maximum absolute atomic E-state index is 9.50. The summed E-state index contributed by atoms with van der Waals surface area (Å²) in [5.41, 5.74) is 0. The number of hydrogen-bond acceptors (Lipinski definition) is 1. The third-order valence-electron chi connectivity index (χ3n) is 4.16.